The van der Waals surface area contributed by atoms with Gasteiger partial charge in [-0.1, -0.05) is 18.6 Å². The molecule has 1 aliphatic carbocycles. The standard InChI is InChI=1S/C19H26N6OS/c20-17-22-18(21)25(19(23-17)8-4-1-5-9-19)15-7-3-2-6-14(15)16(26)24-10-12-27-13-11-24/h2-3,6-7H,1,4-5,8-13H2,(H4,20,21,22,23). The van der Waals surface area contributed by atoms with Crippen molar-refractivity contribution in [2.24, 2.45) is 21.5 Å². The van der Waals surface area contributed by atoms with Crippen molar-refractivity contribution in [1.29, 1.82) is 0 Å². The second kappa shape index (κ2) is 7.42. The molecule has 0 atom stereocenters. The van der Waals surface area contributed by atoms with E-state index < -0.39 is 5.66 Å². The molecule has 2 aliphatic heterocycles. The highest BCUT2D eigenvalue weighted by atomic mass is 32.2. The molecule has 8 heteroatoms. The lowest BCUT2D eigenvalue weighted by molar-refractivity contribution is 0.0773. The normalized spacial score (nSPS) is 22.4. The summed E-state index contributed by atoms with van der Waals surface area (Å²) in [6.07, 6.45) is 4.99. The van der Waals surface area contributed by atoms with Crippen LogP contribution in [0.3, 0.4) is 0 Å². The highest BCUT2D eigenvalue weighted by Crippen LogP contribution is 2.40. The molecule has 0 radical (unpaired) electrons. The summed E-state index contributed by atoms with van der Waals surface area (Å²) in [6.45, 7) is 1.55. The number of hydrogen-bond acceptors (Lipinski definition) is 7. The number of thioether (sulfide) groups is 1. The van der Waals surface area contributed by atoms with Crippen LogP contribution in [0, 0.1) is 0 Å². The molecule has 7 nitrogen and oxygen atoms in total. The molecule has 27 heavy (non-hydrogen) atoms. The number of benzene rings is 1. The molecule has 1 amide bonds. The average molecular weight is 387 g/mol. The van der Waals surface area contributed by atoms with Crippen LogP contribution in [0.4, 0.5) is 5.69 Å². The van der Waals surface area contributed by atoms with Gasteiger partial charge in [-0.15, -0.1) is 0 Å². The van der Waals surface area contributed by atoms with Gasteiger partial charge in [-0.25, -0.2) is 4.99 Å². The van der Waals surface area contributed by atoms with E-state index in [2.05, 4.69) is 4.99 Å². The molecule has 0 bridgehead atoms. The molecule has 4 rings (SSSR count). The fourth-order valence-electron chi connectivity index (χ4n) is 4.26. The minimum absolute atomic E-state index is 0.0483. The molecule has 1 saturated carbocycles. The molecule has 0 aromatic heterocycles. The van der Waals surface area contributed by atoms with Crippen LogP contribution < -0.4 is 16.4 Å². The van der Waals surface area contributed by atoms with Crippen LogP contribution in [-0.2, 0) is 0 Å². The van der Waals surface area contributed by atoms with Gasteiger partial charge in [-0.2, -0.15) is 16.8 Å². The largest absolute Gasteiger partial charge is 0.369 e. The molecular formula is C19H26N6OS. The van der Waals surface area contributed by atoms with E-state index in [1.54, 1.807) is 0 Å². The predicted molar refractivity (Wildman–Crippen MR) is 111 cm³/mol. The summed E-state index contributed by atoms with van der Waals surface area (Å²) in [6, 6.07) is 7.66. The van der Waals surface area contributed by atoms with Crippen molar-refractivity contribution in [3.63, 3.8) is 0 Å². The number of anilines is 1. The maximum absolute atomic E-state index is 13.3. The van der Waals surface area contributed by atoms with Gasteiger partial charge in [0.1, 0.15) is 5.66 Å². The highest BCUT2D eigenvalue weighted by Gasteiger charge is 2.43. The van der Waals surface area contributed by atoms with E-state index >= 15 is 0 Å². The minimum atomic E-state index is -0.539. The zero-order valence-corrected chi connectivity index (χ0v) is 16.2. The Morgan fingerprint density at radius 2 is 1.78 bits per heavy atom. The summed E-state index contributed by atoms with van der Waals surface area (Å²) in [4.78, 5) is 26.1. The number of carbonyl (C=O) groups is 1. The zero-order valence-electron chi connectivity index (χ0n) is 15.4. The van der Waals surface area contributed by atoms with Crippen LogP contribution in [-0.4, -0.2) is 53.0 Å². The van der Waals surface area contributed by atoms with Gasteiger partial charge in [0.25, 0.3) is 5.91 Å². The zero-order chi connectivity index (χ0) is 18.9. The van der Waals surface area contributed by atoms with Gasteiger partial charge in [0, 0.05) is 24.6 Å². The molecule has 2 fully saturated rings. The van der Waals surface area contributed by atoms with Crippen LogP contribution in [0.25, 0.3) is 0 Å². The molecule has 0 unspecified atom stereocenters. The molecule has 1 spiro atoms. The lowest BCUT2D eigenvalue weighted by atomic mass is 9.87. The third-order valence-corrected chi connectivity index (χ3v) is 6.47. The molecule has 3 aliphatic rings. The first kappa shape index (κ1) is 18.2. The Balaban J connectivity index is 1.75. The van der Waals surface area contributed by atoms with Crippen LogP contribution in [0.5, 0.6) is 0 Å². The highest BCUT2D eigenvalue weighted by molar-refractivity contribution is 7.99. The Hall–Kier alpha value is -2.22. The van der Waals surface area contributed by atoms with Gasteiger partial charge >= 0.3 is 0 Å². The van der Waals surface area contributed by atoms with E-state index in [0.717, 1.165) is 56.0 Å². The third-order valence-electron chi connectivity index (χ3n) is 5.53. The molecule has 4 N–H and O–H groups in total. The van der Waals surface area contributed by atoms with Gasteiger partial charge in [-0.3, -0.25) is 9.69 Å². The van der Waals surface area contributed by atoms with Crippen molar-refractivity contribution in [1.82, 2.24) is 4.90 Å². The van der Waals surface area contributed by atoms with Crippen molar-refractivity contribution in [2.75, 3.05) is 29.5 Å². The molecular weight excluding hydrogens is 360 g/mol. The smallest absolute Gasteiger partial charge is 0.256 e. The van der Waals surface area contributed by atoms with E-state index in [-0.39, 0.29) is 11.9 Å². The number of rotatable bonds is 2. The van der Waals surface area contributed by atoms with Crippen LogP contribution in [0.2, 0.25) is 0 Å². The minimum Gasteiger partial charge on any atom is -0.369 e. The first-order chi connectivity index (χ1) is 13.1. The molecule has 144 valence electrons. The summed E-state index contributed by atoms with van der Waals surface area (Å²) >= 11 is 1.89. The Kier molecular flexibility index (Phi) is 4.99. The molecule has 1 aromatic rings. The van der Waals surface area contributed by atoms with Crippen molar-refractivity contribution < 1.29 is 4.79 Å². The van der Waals surface area contributed by atoms with Crippen LogP contribution >= 0.6 is 11.8 Å². The van der Waals surface area contributed by atoms with E-state index in [1.807, 2.05) is 45.8 Å². The maximum Gasteiger partial charge on any atom is 0.256 e. The first-order valence-electron chi connectivity index (χ1n) is 9.56. The third kappa shape index (κ3) is 3.38. The maximum atomic E-state index is 13.3. The number of para-hydroxylation sites is 1. The van der Waals surface area contributed by atoms with Gasteiger partial charge in [0.2, 0.25) is 11.9 Å². The lowest BCUT2D eigenvalue weighted by Gasteiger charge is -2.46. The lowest BCUT2D eigenvalue weighted by Crippen LogP contribution is -2.58. The number of aliphatic imine (C=N–C) groups is 2. The second-order valence-electron chi connectivity index (χ2n) is 7.24. The summed E-state index contributed by atoms with van der Waals surface area (Å²) < 4.78 is 0. The summed E-state index contributed by atoms with van der Waals surface area (Å²) in [5.74, 6) is 2.55. The first-order valence-corrected chi connectivity index (χ1v) is 10.7. The Morgan fingerprint density at radius 3 is 2.52 bits per heavy atom. The second-order valence-corrected chi connectivity index (χ2v) is 8.46. The predicted octanol–water partition coefficient (Wildman–Crippen LogP) is 1.99. The van der Waals surface area contributed by atoms with Gasteiger partial charge in [0.15, 0.2) is 0 Å². The number of guanidine groups is 2. The molecule has 2 heterocycles. The monoisotopic (exact) mass is 386 g/mol. The number of amides is 1. The topological polar surface area (TPSA) is 100 Å². The van der Waals surface area contributed by atoms with Gasteiger partial charge in [-0.05, 0) is 37.8 Å². The van der Waals surface area contributed by atoms with Crippen LogP contribution in [0.1, 0.15) is 42.5 Å². The average Bonchev–Trinajstić information content (AvgIpc) is 2.68. The van der Waals surface area contributed by atoms with Crippen molar-refractivity contribution >= 4 is 35.3 Å². The molecule has 1 aromatic carbocycles. The van der Waals surface area contributed by atoms with E-state index in [1.165, 1.54) is 6.42 Å². The summed E-state index contributed by atoms with van der Waals surface area (Å²) in [5, 5.41) is 0. The van der Waals surface area contributed by atoms with Crippen molar-refractivity contribution in [3.8, 4) is 0 Å². The molecule has 1 saturated heterocycles. The fraction of sp³-hybridized carbons (Fsp3) is 0.526. The van der Waals surface area contributed by atoms with Crippen molar-refractivity contribution in [2.45, 2.75) is 37.8 Å². The Bertz CT molecular complexity index is 780. The fourth-order valence-corrected chi connectivity index (χ4v) is 5.16. The Labute approximate surface area is 163 Å². The summed E-state index contributed by atoms with van der Waals surface area (Å²) in [7, 11) is 0. The van der Waals surface area contributed by atoms with E-state index in [0.29, 0.717) is 11.5 Å². The van der Waals surface area contributed by atoms with E-state index in [4.69, 9.17) is 16.5 Å². The summed E-state index contributed by atoms with van der Waals surface area (Å²) in [5.41, 5.74) is 13.2. The van der Waals surface area contributed by atoms with E-state index in [9.17, 15) is 4.79 Å². The number of hydrogen-bond donors (Lipinski definition) is 2. The number of nitrogens with zero attached hydrogens (tertiary/aromatic N) is 4. The SMILES string of the molecule is NC1=NC2(CCCCC2)N(c2ccccc2C(=O)N2CCSCC2)C(N)=N1. The van der Waals surface area contributed by atoms with Crippen molar-refractivity contribution in [3.05, 3.63) is 29.8 Å². The van der Waals surface area contributed by atoms with Gasteiger partial charge in [0.05, 0.1) is 11.3 Å². The quantitative estimate of drug-likeness (QED) is 0.809. The number of nitrogens with two attached hydrogens (primary N) is 2. The number of carbonyl (C=O) groups excluding carboxylic acids is 1. The Morgan fingerprint density at radius 1 is 1.07 bits per heavy atom. The van der Waals surface area contributed by atoms with Gasteiger partial charge < -0.3 is 16.4 Å². The van der Waals surface area contributed by atoms with Crippen LogP contribution in [0.15, 0.2) is 34.3 Å².